The smallest absolute Gasteiger partial charge is 0.322 e. The van der Waals surface area contributed by atoms with Gasteiger partial charge in [-0.3, -0.25) is 4.79 Å². The van der Waals surface area contributed by atoms with E-state index in [1.807, 2.05) is 0 Å². The van der Waals surface area contributed by atoms with Crippen molar-refractivity contribution in [1.29, 1.82) is 0 Å². The predicted molar refractivity (Wildman–Crippen MR) is 54.1 cm³/mol. The monoisotopic (exact) mass is 243 g/mol. The van der Waals surface area contributed by atoms with Gasteiger partial charge in [-0.25, -0.2) is 8.78 Å². The van der Waals surface area contributed by atoms with Crippen LogP contribution in [-0.2, 0) is 9.53 Å². The van der Waals surface area contributed by atoms with Gasteiger partial charge in [0.25, 0.3) is 0 Å². The molecule has 15 heavy (non-hydrogen) atoms. The fourth-order valence-corrected chi connectivity index (χ4v) is 1.66. The lowest BCUT2D eigenvalue weighted by atomic mass is 9.77. The van der Waals surface area contributed by atoms with Crippen molar-refractivity contribution in [2.75, 3.05) is 6.61 Å². The first-order valence-corrected chi connectivity index (χ1v) is 4.74. The van der Waals surface area contributed by atoms with Crippen LogP contribution in [0.4, 0.5) is 8.78 Å². The van der Waals surface area contributed by atoms with E-state index in [2.05, 4.69) is 4.74 Å². The molecule has 1 saturated carbocycles. The van der Waals surface area contributed by atoms with Crippen LogP contribution < -0.4 is 5.73 Å². The summed E-state index contributed by atoms with van der Waals surface area (Å²) in [5.74, 6) is -3.17. The summed E-state index contributed by atoms with van der Waals surface area (Å²) in [6, 6.07) is -0.754. The first kappa shape index (κ1) is 14.6. The molecule has 3 nitrogen and oxygen atoms in total. The molecule has 1 fully saturated rings. The molecule has 2 N–H and O–H groups in total. The summed E-state index contributed by atoms with van der Waals surface area (Å²) in [6.07, 6.45) is -0.00532. The first-order chi connectivity index (χ1) is 6.44. The van der Waals surface area contributed by atoms with Gasteiger partial charge >= 0.3 is 5.97 Å². The highest BCUT2D eigenvalue weighted by atomic mass is 35.5. The summed E-state index contributed by atoms with van der Waals surface area (Å²) in [5.41, 5.74) is 5.48. The van der Waals surface area contributed by atoms with E-state index in [4.69, 9.17) is 5.73 Å². The van der Waals surface area contributed by atoms with Gasteiger partial charge < -0.3 is 10.5 Å². The van der Waals surface area contributed by atoms with Crippen molar-refractivity contribution >= 4 is 18.4 Å². The second kappa shape index (κ2) is 5.61. The molecule has 0 radical (unpaired) electrons. The Kier molecular flexibility index (Phi) is 5.45. The first-order valence-electron chi connectivity index (χ1n) is 4.74. The zero-order valence-electron chi connectivity index (χ0n) is 8.54. The number of halogens is 3. The Morgan fingerprint density at radius 1 is 1.60 bits per heavy atom. The molecule has 1 aliphatic rings. The number of esters is 1. The normalized spacial score (nSPS) is 21.1. The molecule has 90 valence electrons. The van der Waals surface area contributed by atoms with Crippen molar-refractivity contribution < 1.29 is 18.3 Å². The summed E-state index contributed by atoms with van der Waals surface area (Å²) in [5, 5.41) is 0. The quantitative estimate of drug-likeness (QED) is 0.765. The van der Waals surface area contributed by atoms with Crippen LogP contribution in [0.15, 0.2) is 0 Å². The highest BCUT2D eigenvalue weighted by Gasteiger charge is 2.45. The van der Waals surface area contributed by atoms with Crippen LogP contribution in [0.2, 0.25) is 0 Å². The third-order valence-electron chi connectivity index (χ3n) is 2.35. The van der Waals surface area contributed by atoms with Gasteiger partial charge in [0.2, 0.25) is 5.92 Å². The number of hydrogen-bond donors (Lipinski definition) is 1. The number of ether oxygens (including phenoxy) is 1. The number of rotatable bonds is 4. The summed E-state index contributed by atoms with van der Waals surface area (Å²) in [4.78, 5) is 11.0. The minimum absolute atomic E-state index is 0. The molecule has 1 unspecified atom stereocenters. The van der Waals surface area contributed by atoms with Crippen molar-refractivity contribution in [3.63, 3.8) is 0 Å². The number of carbonyl (C=O) groups is 1. The molecule has 1 atom stereocenters. The van der Waals surface area contributed by atoms with Gasteiger partial charge in [-0.15, -0.1) is 12.4 Å². The predicted octanol–water partition coefficient (Wildman–Crippen LogP) is 1.73. The Bertz CT molecular complexity index is 218. The molecular formula is C9H16ClF2NO2. The number of hydrogen-bond acceptors (Lipinski definition) is 3. The minimum Gasteiger partial charge on any atom is -0.465 e. The average molecular weight is 244 g/mol. The van der Waals surface area contributed by atoms with E-state index >= 15 is 0 Å². The third kappa shape index (κ3) is 4.30. The van der Waals surface area contributed by atoms with Crippen molar-refractivity contribution in [3.8, 4) is 0 Å². The summed E-state index contributed by atoms with van der Waals surface area (Å²) in [7, 11) is 0. The highest BCUT2D eigenvalue weighted by molar-refractivity contribution is 5.85. The topological polar surface area (TPSA) is 52.3 Å². The molecular weight excluding hydrogens is 228 g/mol. The lowest BCUT2D eigenvalue weighted by Crippen LogP contribution is -2.42. The molecule has 0 aromatic heterocycles. The van der Waals surface area contributed by atoms with Crippen LogP contribution in [0.25, 0.3) is 0 Å². The lowest BCUT2D eigenvalue weighted by Gasteiger charge is -2.35. The van der Waals surface area contributed by atoms with Crippen LogP contribution in [0.1, 0.15) is 26.2 Å². The number of carbonyl (C=O) groups excluding carboxylic acids is 1. The third-order valence-corrected chi connectivity index (χ3v) is 2.35. The van der Waals surface area contributed by atoms with Crippen LogP contribution in [0.3, 0.4) is 0 Å². The van der Waals surface area contributed by atoms with E-state index in [0.717, 1.165) is 0 Å². The van der Waals surface area contributed by atoms with Gasteiger partial charge in [-0.2, -0.15) is 0 Å². The van der Waals surface area contributed by atoms with Crippen LogP contribution >= 0.6 is 12.4 Å². The van der Waals surface area contributed by atoms with Gasteiger partial charge in [0.05, 0.1) is 6.61 Å². The average Bonchev–Trinajstić information content (AvgIpc) is 2.01. The fraction of sp³-hybridized carbons (Fsp3) is 0.889. The molecule has 0 aliphatic heterocycles. The van der Waals surface area contributed by atoms with Crippen molar-refractivity contribution in [2.24, 2.45) is 11.7 Å². The Labute approximate surface area is 93.8 Å². The molecule has 0 heterocycles. The van der Waals surface area contributed by atoms with Crippen LogP contribution in [-0.4, -0.2) is 24.5 Å². The molecule has 0 bridgehead atoms. The minimum atomic E-state index is -2.54. The second-order valence-corrected chi connectivity index (χ2v) is 3.72. The largest absolute Gasteiger partial charge is 0.465 e. The zero-order chi connectivity index (χ0) is 10.8. The maximum atomic E-state index is 12.4. The van der Waals surface area contributed by atoms with Gasteiger partial charge in [0.15, 0.2) is 0 Å². The van der Waals surface area contributed by atoms with E-state index in [-0.39, 0.29) is 37.8 Å². The Morgan fingerprint density at radius 3 is 2.53 bits per heavy atom. The highest BCUT2D eigenvalue weighted by Crippen LogP contribution is 2.44. The van der Waals surface area contributed by atoms with E-state index < -0.39 is 17.9 Å². The van der Waals surface area contributed by atoms with Crippen LogP contribution in [0, 0.1) is 5.92 Å². The molecule has 0 aromatic rings. The maximum absolute atomic E-state index is 12.4. The van der Waals surface area contributed by atoms with E-state index in [0.29, 0.717) is 6.42 Å². The molecule has 0 spiro atoms. The Balaban J connectivity index is 0.00000196. The summed E-state index contributed by atoms with van der Waals surface area (Å²) in [6.45, 7) is 1.95. The number of alkyl halides is 2. The van der Waals surface area contributed by atoms with Crippen molar-refractivity contribution in [3.05, 3.63) is 0 Å². The molecule has 0 saturated heterocycles. The second-order valence-electron chi connectivity index (χ2n) is 3.72. The molecule has 1 aliphatic carbocycles. The SMILES string of the molecule is CCOC(=O)C(N)CC1CC(F)(F)C1.Cl. The van der Waals surface area contributed by atoms with Crippen LogP contribution in [0.5, 0.6) is 0 Å². The van der Waals surface area contributed by atoms with Gasteiger partial charge in [-0.1, -0.05) is 0 Å². The molecule has 6 heteroatoms. The molecule has 0 amide bonds. The maximum Gasteiger partial charge on any atom is 0.322 e. The number of nitrogens with two attached hydrogens (primary N) is 1. The zero-order valence-corrected chi connectivity index (χ0v) is 9.36. The fourth-order valence-electron chi connectivity index (χ4n) is 1.66. The Hall–Kier alpha value is -0.420. The Morgan fingerprint density at radius 2 is 2.13 bits per heavy atom. The van der Waals surface area contributed by atoms with Crippen molar-refractivity contribution in [2.45, 2.75) is 38.2 Å². The van der Waals surface area contributed by atoms with E-state index in [1.165, 1.54) is 0 Å². The standard InChI is InChI=1S/C9H15F2NO2.ClH/c1-2-14-8(13)7(12)3-6-4-9(10,11)5-6;/h6-7H,2-5,12H2,1H3;1H. The van der Waals surface area contributed by atoms with Gasteiger partial charge in [-0.05, 0) is 19.3 Å². The van der Waals surface area contributed by atoms with Gasteiger partial charge in [0, 0.05) is 12.8 Å². The summed E-state index contributed by atoms with van der Waals surface area (Å²) < 4.78 is 29.5. The van der Waals surface area contributed by atoms with Gasteiger partial charge in [0.1, 0.15) is 6.04 Å². The molecule has 0 aromatic carbocycles. The van der Waals surface area contributed by atoms with E-state index in [9.17, 15) is 13.6 Å². The summed E-state index contributed by atoms with van der Waals surface area (Å²) >= 11 is 0. The molecule has 1 rings (SSSR count). The van der Waals surface area contributed by atoms with E-state index in [1.54, 1.807) is 6.92 Å². The van der Waals surface area contributed by atoms with Crippen molar-refractivity contribution in [1.82, 2.24) is 0 Å². The lowest BCUT2D eigenvalue weighted by molar-refractivity contribution is -0.148.